The molecule has 1 aromatic heterocycles. The average molecular weight is 377 g/mol. The number of carbonyl (C=O) groups is 1. The van der Waals surface area contributed by atoms with E-state index in [2.05, 4.69) is 10.3 Å². The Balaban J connectivity index is 1.56. The number of carbonyl (C=O) groups excluding carboxylic acids is 1. The fourth-order valence-electron chi connectivity index (χ4n) is 2.25. The lowest BCUT2D eigenvalue weighted by Gasteiger charge is -2.09. The van der Waals surface area contributed by atoms with Crippen molar-refractivity contribution >= 4 is 60.7 Å². The molecule has 5 nitrogen and oxygen atoms in total. The van der Waals surface area contributed by atoms with E-state index in [-0.39, 0.29) is 29.2 Å². The molecule has 1 fully saturated rings. The highest BCUT2D eigenvalue weighted by molar-refractivity contribution is 8.01. The third-order valence-corrected chi connectivity index (χ3v) is 7.44. The van der Waals surface area contributed by atoms with Crippen molar-refractivity contribution in [2.75, 3.05) is 17.3 Å². The van der Waals surface area contributed by atoms with Gasteiger partial charge in [0.05, 0.1) is 27.5 Å². The van der Waals surface area contributed by atoms with Crippen LogP contribution < -0.4 is 5.32 Å². The van der Waals surface area contributed by atoms with Gasteiger partial charge in [0.25, 0.3) is 0 Å². The number of nitrogens with zero attached hydrogens (tertiary/aromatic N) is 1. The molecule has 1 aliphatic rings. The molecule has 0 bridgehead atoms. The van der Waals surface area contributed by atoms with Crippen LogP contribution in [0.25, 0.3) is 10.2 Å². The van der Waals surface area contributed by atoms with Crippen LogP contribution in [0.3, 0.4) is 0 Å². The Hall–Kier alpha value is -0.830. The molecule has 3 rings (SSSR count). The molecule has 2 heterocycles. The molecule has 1 N–H and O–H groups in total. The number of thioether (sulfide) groups is 1. The maximum atomic E-state index is 11.9. The Morgan fingerprint density at radius 1 is 1.50 bits per heavy atom. The van der Waals surface area contributed by atoms with Gasteiger partial charge in [0.15, 0.2) is 14.2 Å². The van der Waals surface area contributed by atoms with Gasteiger partial charge in [-0.25, -0.2) is 13.4 Å². The minimum atomic E-state index is -2.97. The highest BCUT2D eigenvalue weighted by Gasteiger charge is 2.28. The molecule has 9 heteroatoms. The van der Waals surface area contributed by atoms with Crippen LogP contribution in [0, 0.1) is 0 Å². The quantitative estimate of drug-likeness (QED) is 0.829. The zero-order valence-corrected chi connectivity index (χ0v) is 14.6. The Morgan fingerprint density at radius 2 is 2.32 bits per heavy atom. The van der Waals surface area contributed by atoms with E-state index in [0.717, 1.165) is 14.6 Å². The molecule has 1 aliphatic heterocycles. The topological polar surface area (TPSA) is 76.1 Å². The fourth-order valence-corrected chi connectivity index (χ4v) is 5.95. The van der Waals surface area contributed by atoms with E-state index >= 15 is 0 Å². The van der Waals surface area contributed by atoms with Gasteiger partial charge in [-0.15, -0.1) is 11.3 Å². The molecule has 0 aliphatic carbocycles. The minimum absolute atomic E-state index is 0.0447. The van der Waals surface area contributed by atoms with E-state index in [9.17, 15) is 13.2 Å². The summed E-state index contributed by atoms with van der Waals surface area (Å²) in [5.41, 5.74) is 0.822. The summed E-state index contributed by atoms with van der Waals surface area (Å²) in [6.45, 7) is 0. The van der Waals surface area contributed by atoms with Crippen LogP contribution in [0.5, 0.6) is 0 Å². The van der Waals surface area contributed by atoms with Crippen molar-refractivity contribution in [1.29, 1.82) is 0 Å². The largest absolute Gasteiger partial charge is 0.352 e. The summed E-state index contributed by atoms with van der Waals surface area (Å²) in [7, 11) is -2.97. The average Bonchev–Trinajstić information content (AvgIpc) is 2.98. The Morgan fingerprint density at radius 3 is 3.05 bits per heavy atom. The van der Waals surface area contributed by atoms with Crippen molar-refractivity contribution in [3.63, 3.8) is 0 Å². The third-order valence-electron chi connectivity index (χ3n) is 3.25. The maximum absolute atomic E-state index is 11.9. The molecule has 1 amide bonds. The molecule has 1 atom stereocenters. The molecular weight excluding hydrogens is 364 g/mol. The maximum Gasteiger partial charge on any atom is 0.230 e. The number of thiazole rings is 1. The van der Waals surface area contributed by atoms with E-state index in [0.29, 0.717) is 11.4 Å². The molecule has 118 valence electrons. The molecule has 0 unspecified atom stereocenters. The zero-order valence-electron chi connectivity index (χ0n) is 11.4. The van der Waals surface area contributed by atoms with Crippen molar-refractivity contribution in [2.45, 2.75) is 16.8 Å². The molecule has 0 saturated carbocycles. The highest BCUT2D eigenvalue weighted by Crippen LogP contribution is 2.30. The number of hydrogen-bond acceptors (Lipinski definition) is 6. The third kappa shape index (κ3) is 3.92. The van der Waals surface area contributed by atoms with Crippen molar-refractivity contribution in [3.8, 4) is 0 Å². The van der Waals surface area contributed by atoms with Gasteiger partial charge >= 0.3 is 0 Å². The summed E-state index contributed by atoms with van der Waals surface area (Å²) in [5.74, 6) is 0.265. The first-order valence-corrected chi connectivity index (χ1v) is 10.6. The lowest BCUT2D eigenvalue weighted by Crippen LogP contribution is -2.36. The summed E-state index contributed by atoms with van der Waals surface area (Å²) in [6, 6.07) is 5.25. The lowest BCUT2D eigenvalue weighted by molar-refractivity contribution is -0.119. The van der Waals surface area contributed by atoms with Gasteiger partial charge in [-0.2, -0.15) is 0 Å². The lowest BCUT2D eigenvalue weighted by atomic mass is 10.3. The van der Waals surface area contributed by atoms with Crippen molar-refractivity contribution < 1.29 is 13.2 Å². The van der Waals surface area contributed by atoms with E-state index in [1.165, 1.54) is 23.1 Å². The molecular formula is C13H13ClN2O3S3. The van der Waals surface area contributed by atoms with E-state index in [4.69, 9.17) is 11.6 Å². The number of fused-ring (bicyclic) bond motifs is 1. The Kier molecular flexibility index (Phi) is 4.63. The summed E-state index contributed by atoms with van der Waals surface area (Å²) in [5, 5.41) is 3.40. The molecule has 0 radical (unpaired) electrons. The van der Waals surface area contributed by atoms with Crippen molar-refractivity contribution in [1.82, 2.24) is 10.3 Å². The van der Waals surface area contributed by atoms with Crippen LogP contribution >= 0.6 is 34.7 Å². The van der Waals surface area contributed by atoms with Crippen LogP contribution in [-0.4, -0.2) is 42.6 Å². The second-order valence-electron chi connectivity index (χ2n) is 5.05. The van der Waals surface area contributed by atoms with Gasteiger partial charge < -0.3 is 5.32 Å². The van der Waals surface area contributed by atoms with Crippen LogP contribution in [0.1, 0.15) is 6.42 Å². The standard InChI is InChI=1S/C13H13ClN2O3S3/c14-8-1-2-11-10(5-8)16-13(21-11)20-6-12(17)15-9-3-4-22(18,19)7-9/h1-2,5,9H,3-4,6-7H2,(H,15,17)/t9-/m0/s1. The van der Waals surface area contributed by atoms with Crippen LogP contribution in [-0.2, 0) is 14.6 Å². The summed E-state index contributed by atoms with van der Waals surface area (Å²) >= 11 is 8.77. The van der Waals surface area contributed by atoms with E-state index in [1.807, 2.05) is 12.1 Å². The molecule has 1 saturated heterocycles. The number of sulfone groups is 1. The molecule has 1 aromatic carbocycles. The molecule has 22 heavy (non-hydrogen) atoms. The van der Waals surface area contributed by atoms with Gasteiger partial charge in [0.2, 0.25) is 5.91 Å². The highest BCUT2D eigenvalue weighted by atomic mass is 35.5. The summed E-state index contributed by atoms with van der Waals surface area (Å²) < 4.78 is 24.5. The summed E-state index contributed by atoms with van der Waals surface area (Å²) in [6.07, 6.45) is 0.498. The minimum Gasteiger partial charge on any atom is -0.352 e. The first-order valence-electron chi connectivity index (χ1n) is 6.60. The zero-order chi connectivity index (χ0) is 15.7. The second kappa shape index (κ2) is 6.35. The van der Waals surface area contributed by atoms with Gasteiger partial charge in [-0.05, 0) is 24.6 Å². The SMILES string of the molecule is O=C(CSc1nc2cc(Cl)ccc2s1)N[C@H]1CCS(=O)(=O)C1. The number of benzene rings is 1. The first-order chi connectivity index (χ1) is 10.4. The van der Waals surface area contributed by atoms with Crippen molar-refractivity contribution in [2.24, 2.45) is 0 Å². The normalized spacial score (nSPS) is 20.3. The van der Waals surface area contributed by atoms with Gasteiger partial charge in [0.1, 0.15) is 0 Å². The van der Waals surface area contributed by atoms with Gasteiger partial charge in [-0.3, -0.25) is 4.79 Å². The second-order valence-corrected chi connectivity index (χ2v) is 9.97. The van der Waals surface area contributed by atoms with Gasteiger partial charge in [0, 0.05) is 11.1 Å². The van der Waals surface area contributed by atoms with E-state index in [1.54, 1.807) is 6.07 Å². The summed E-state index contributed by atoms with van der Waals surface area (Å²) in [4.78, 5) is 16.3. The Labute approximate surface area is 141 Å². The smallest absolute Gasteiger partial charge is 0.230 e. The predicted octanol–water partition coefficient (Wildman–Crippen LogP) is 2.35. The van der Waals surface area contributed by atoms with Crippen LogP contribution in [0.2, 0.25) is 5.02 Å². The van der Waals surface area contributed by atoms with Gasteiger partial charge in [-0.1, -0.05) is 23.4 Å². The number of halogens is 1. The molecule has 0 spiro atoms. The molecule has 2 aromatic rings. The number of nitrogens with one attached hydrogen (secondary N) is 1. The van der Waals surface area contributed by atoms with E-state index < -0.39 is 9.84 Å². The number of amides is 1. The predicted molar refractivity (Wildman–Crippen MR) is 90.6 cm³/mol. The Bertz CT molecular complexity index is 819. The number of aromatic nitrogens is 1. The van der Waals surface area contributed by atoms with Crippen molar-refractivity contribution in [3.05, 3.63) is 23.2 Å². The van der Waals surface area contributed by atoms with Crippen LogP contribution in [0.4, 0.5) is 0 Å². The fraction of sp³-hybridized carbons (Fsp3) is 0.385. The first kappa shape index (κ1) is 16.0. The van der Waals surface area contributed by atoms with Crippen LogP contribution in [0.15, 0.2) is 22.5 Å². The number of rotatable bonds is 4. The monoisotopic (exact) mass is 376 g/mol. The number of hydrogen-bond donors (Lipinski definition) is 1.